The van der Waals surface area contributed by atoms with Crippen molar-refractivity contribution in [2.75, 3.05) is 4.72 Å². The van der Waals surface area contributed by atoms with Crippen LogP contribution in [0, 0.1) is 27.7 Å². The number of aromatic nitrogens is 1. The summed E-state index contributed by atoms with van der Waals surface area (Å²) in [6.07, 6.45) is 3.37. The summed E-state index contributed by atoms with van der Waals surface area (Å²) in [5, 5.41) is 3.09. The van der Waals surface area contributed by atoms with Crippen molar-refractivity contribution in [1.82, 2.24) is 10.3 Å². The molecule has 4 rings (SSSR count). The molecule has 6 nitrogen and oxygen atoms in total. The van der Waals surface area contributed by atoms with Crippen LogP contribution in [-0.2, 0) is 10.0 Å². The fourth-order valence-corrected chi connectivity index (χ4v) is 6.01. The Labute approximate surface area is 212 Å². The van der Waals surface area contributed by atoms with Gasteiger partial charge in [0.2, 0.25) is 0 Å². The number of aryl methyl sites for hydroxylation is 4. The first kappa shape index (κ1) is 25.1. The average molecular weight is 500 g/mol. The monoisotopic (exact) mass is 499 g/mol. The molecule has 0 radical (unpaired) electrons. The Balaban J connectivity index is 1.64. The van der Waals surface area contributed by atoms with Gasteiger partial charge in [-0.1, -0.05) is 54.1 Å². The lowest BCUT2D eigenvalue weighted by atomic mass is 9.99. The standard InChI is InChI=1S/C29H29N3O3S/c1-19-16-21(3)28(22(4)17-19)36(34,35)32-26-18-25(11-10-20(26)2)29(33)31-27(23-8-6-5-7-9-23)24-12-14-30-15-13-24/h5-18,27,32H,1-4H3,(H,31,33). The predicted molar refractivity (Wildman–Crippen MR) is 143 cm³/mol. The minimum absolute atomic E-state index is 0.254. The minimum atomic E-state index is -3.85. The van der Waals surface area contributed by atoms with Gasteiger partial charge in [0.15, 0.2) is 0 Å². The maximum Gasteiger partial charge on any atom is 0.262 e. The molecule has 0 spiro atoms. The van der Waals surface area contributed by atoms with Gasteiger partial charge in [0.1, 0.15) is 0 Å². The highest BCUT2D eigenvalue weighted by Gasteiger charge is 2.22. The van der Waals surface area contributed by atoms with E-state index in [1.807, 2.05) is 61.5 Å². The van der Waals surface area contributed by atoms with Crippen molar-refractivity contribution in [1.29, 1.82) is 0 Å². The number of pyridine rings is 1. The van der Waals surface area contributed by atoms with Crippen LogP contribution in [0.2, 0.25) is 0 Å². The number of carbonyl (C=O) groups excluding carboxylic acids is 1. The molecule has 0 bridgehead atoms. The first-order valence-electron chi connectivity index (χ1n) is 11.6. The molecule has 0 saturated heterocycles. The van der Waals surface area contributed by atoms with Gasteiger partial charge in [-0.15, -0.1) is 0 Å². The van der Waals surface area contributed by atoms with Gasteiger partial charge < -0.3 is 5.32 Å². The van der Waals surface area contributed by atoms with Crippen LogP contribution in [0.1, 0.15) is 49.8 Å². The molecule has 7 heteroatoms. The molecule has 0 fully saturated rings. The summed E-state index contributed by atoms with van der Waals surface area (Å²) in [4.78, 5) is 17.7. The van der Waals surface area contributed by atoms with Gasteiger partial charge >= 0.3 is 0 Å². The van der Waals surface area contributed by atoms with Gasteiger partial charge in [-0.05, 0) is 79.8 Å². The second-order valence-corrected chi connectivity index (χ2v) is 10.6. The maximum atomic E-state index is 13.3. The molecule has 184 valence electrons. The van der Waals surface area contributed by atoms with Crippen LogP contribution >= 0.6 is 0 Å². The Morgan fingerprint density at radius 1 is 0.778 bits per heavy atom. The highest BCUT2D eigenvalue weighted by Crippen LogP contribution is 2.27. The Kier molecular flexibility index (Phi) is 7.22. The SMILES string of the molecule is Cc1cc(C)c(S(=O)(=O)Nc2cc(C(=O)NC(c3ccccc3)c3ccncc3)ccc2C)c(C)c1. The Hall–Kier alpha value is -3.97. The quantitative estimate of drug-likeness (QED) is 0.345. The highest BCUT2D eigenvalue weighted by molar-refractivity contribution is 7.92. The summed E-state index contributed by atoms with van der Waals surface area (Å²) in [6.45, 7) is 7.31. The van der Waals surface area contributed by atoms with E-state index in [2.05, 4.69) is 15.0 Å². The average Bonchev–Trinajstić information content (AvgIpc) is 2.84. The number of sulfonamides is 1. The molecule has 36 heavy (non-hydrogen) atoms. The molecule has 2 N–H and O–H groups in total. The number of rotatable bonds is 7. The van der Waals surface area contributed by atoms with Crippen molar-refractivity contribution in [2.24, 2.45) is 0 Å². The second-order valence-electron chi connectivity index (χ2n) is 8.96. The number of benzene rings is 3. The number of carbonyl (C=O) groups is 1. The number of hydrogen-bond donors (Lipinski definition) is 2. The molecule has 1 amide bonds. The van der Waals surface area contributed by atoms with Crippen molar-refractivity contribution < 1.29 is 13.2 Å². The van der Waals surface area contributed by atoms with Gasteiger partial charge in [0.25, 0.3) is 15.9 Å². The van der Waals surface area contributed by atoms with E-state index in [1.165, 1.54) is 0 Å². The van der Waals surface area contributed by atoms with Crippen LogP contribution in [0.4, 0.5) is 5.69 Å². The van der Waals surface area contributed by atoms with Crippen LogP contribution < -0.4 is 10.0 Å². The fraction of sp³-hybridized carbons (Fsp3) is 0.172. The summed E-state index contributed by atoms with van der Waals surface area (Å²) < 4.78 is 29.3. The van der Waals surface area contributed by atoms with E-state index in [-0.39, 0.29) is 16.8 Å². The zero-order valence-electron chi connectivity index (χ0n) is 20.7. The molecule has 1 atom stereocenters. The number of nitrogens with zero attached hydrogens (tertiary/aromatic N) is 1. The van der Waals surface area contributed by atoms with E-state index in [4.69, 9.17) is 0 Å². The third-order valence-corrected chi connectivity index (χ3v) is 7.74. The first-order valence-corrected chi connectivity index (χ1v) is 13.1. The van der Waals surface area contributed by atoms with Gasteiger partial charge in [-0.3, -0.25) is 14.5 Å². The number of nitrogens with one attached hydrogen (secondary N) is 2. The minimum Gasteiger partial charge on any atom is -0.341 e. The molecule has 0 aliphatic heterocycles. The molecule has 1 aromatic heterocycles. The van der Waals surface area contributed by atoms with Crippen LogP contribution in [-0.4, -0.2) is 19.3 Å². The highest BCUT2D eigenvalue weighted by atomic mass is 32.2. The van der Waals surface area contributed by atoms with E-state index in [1.54, 1.807) is 51.4 Å². The lowest BCUT2D eigenvalue weighted by Gasteiger charge is -2.20. The third kappa shape index (κ3) is 5.47. The van der Waals surface area contributed by atoms with Crippen molar-refractivity contribution in [3.05, 3.63) is 124 Å². The molecule has 1 unspecified atom stereocenters. The molecule has 0 aliphatic carbocycles. The van der Waals surface area contributed by atoms with Crippen molar-refractivity contribution in [2.45, 2.75) is 38.6 Å². The second kappa shape index (κ2) is 10.3. The largest absolute Gasteiger partial charge is 0.341 e. The summed E-state index contributed by atoms with van der Waals surface area (Å²) in [6, 6.07) is 21.7. The summed E-state index contributed by atoms with van der Waals surface area (Å²) >= 11 is 0. The predicted octanol–water partition coefficient (Wildman–Crippen LogP) is 5.64. The Morgan fingerprint density at radius 2 is 1.39 bits per heavy atom. The summed E-state index contributed by atoms with van der Waals surface area (Å²) in [5.41, 5.74) is 5.60. The molecule has 1 heterocycles. The summed E-state index contributed by atoms with van der Waals surface area (Å²) in [7, 11) is -3.85. The zero-order valence-corrected chi connectivity index (χ0v) is 21.6. The molecule has 0 saturated carbocycles. The van der Waals surface area contributed by atoms with Crippen LogP contribution in [0.5, 0.6) is 0 Å². The van der Waals surface area contributed by atoms with E-state index in [0.717, 1.165) is 16.7 Å². The maximum absolute atomic E-state index is 13.3. The van der Waals surface area contributed by atoms with E-state index < -0.39 is 10.0 Å². The van der Waals surface area contributed by atoms with Gasteiger partial charge in [0.05, 0.1) is 16.6 Å². The summed E-state index contributed by atoms with van der Waals surface area (Å²) in [5.74, 6) is -0.316. The normalized spacial score (nSPS) is 12.1. The molecule has 3 aromatic carbocycles. The van der Waals surface area contributed by atoms with E-state index >= 15 is 0 Å². The topological polar surface area (TPSA) is 88.2 Å². The van der Waals surface area contributed by atoms with E-state index in [0.29, 0.717) is 27.9 Å². The van der Waals surface area contributed by atoms with Crippen LogP contribution in [0.15, 0.2) is 90.1 Å². The van der Waals surface area contributed by atoms with Crippen LogP contribution in [0.25, 0.3) is 0 Å². The molecular formula is C29H29N3O3S. The first-order chi connectivity index (χ1) is 17.2. The molecule has 4 aromatic rings. The molecular weight excluding hydrogens is 470 g/mol. The Bertz CT molecular complexity index is 1440. The van der Waals surface area contributed by atoms with Gasteiger partial charge in [-0.2, -0.15) is 0 Å². The van der Waals surface area contributed by atoms with Crippen LogP contribution in [0.3, 0.4) is 0 Å². The van der Waals surface area contributed by atoms with Crippen molar-refractivity contribution >= 4 is 21.6 Å². The van der Waals surface area contributed by atoms with Crippen molar-refractivity contribution in [3.63, 3.8) is 0 Å². The lowest BCUT2D eigenvalue weighted by Crippen LogP contribution is -2.29. The third-order valence-electron chi connectivity index (χ3n) is 6.07. The number of hydrogen-bond acceptors (Lipinski definition) is 4. The van der Waals surface area contributed by atoms with E-state index in [9.17, 15) is 13.2 Å². The number of amides is 1. The van der Waals surface area contributed by atoms with Gasteiger partial charge in [-0.25, -0.2) is 8.42 Å². The zero-order chi connectivity index (χ0) is 25.9. The number of anilines is 1. The van der Waals surface area contributed by atoms with Gasteiger partial charge in [0, 0.05) is 18.0 Å². The fourth-order valence-electron chi connectivity index (χ4n) is 4.43. The lowest BCUT2D eigenvalue weighted by molar-refractivity contribution is 0.0943. The Morgan fingerprint density at radius 3 is 2.03 bits per heavy atom. The van der Waals surface area contributed by atoms with Crippen molar-refractivity contribution in [3.8, 4) is 0 Å². The molecule has 0 aliphatic rings. The smallest absolute Gasteiger partial charge is 0.262 e.